The summed E-state index contributed by atoms with van der Waals surface area (Å²) in [6.45, 7) is 2.93. The Balaban J connectivity index is 1.49. The van der Waals surface area contributed by atoms with Crippen LogP contribution in [0.4, 0.5) is 5.69 Å². The third-order valence-electron chi connectivity index (χ3n) is 7.04. The van der Waals surface area contributed by atoms with Crippen molar-refractivity contribution in [2.45, 2.75) is 31.0 Å². The highest BCUT2D eigenvalue weighted by Gasteiger charge is 2.68. The highest BCUT2D eigenvalue weighted by Crippen LogP contribution is 2.52. The molecule has 5 rings (SSSR count). The van der Waals surface area contributed by atoms with Gasteiger partial charge in [0.25, 0.3) is 11.9 Å². The van der Waals surface area contributed by atoms with E-state index in [0.29, 0.717) is 47.5 Å². The summed E-state index contributed by atoms with van der Waals surface area (Å²) in [4.78, 5) is 27.3. The number of hydrogen-bond donors (Lipinski definition) is 1. The largest absolute Gasteiger partial charge is 0.490 e. The van der Waals surface area contributed by atoms with E-state index in [2.05, 4.69) is 5.32 Å². The van der Waals surface area contributed by atoms with E-state index >= 15 is 0 Å². The van der Waals surface area contributed by atoms with Crippen molar-refractivity contribution in [2.75, 3.05) is 25.5 Å². The maximum absolute atomic E-state index is 13.3. The van der Waals surface area contributed by atoms with Crippen molar-refractivity contribution in [1.82, 2.24) is 4.90 Å². The Hall–Kier alpha value is -3.62. The number of para-hydroxylation sites is 1. The smallest absolute Gasteiger partial charge is 0.256 e. The van der Waals surface area contributed by atoms with Crippen molar-refractivity contribution in [3.05, 3.63) is 98.6 Å². The molecule has 2 heterocycles. The van der Waals surface area contributed by atoms with Gasteiger partial charge in [-0.25, -0.2) is 0 Å². The Morgan fingerprint density at radius 3 is 2.58 bits per heavy atom. The van der Waals surface area contributed by atoms with Crippen molar-refractivity contribution >= 4 is 23.2 Å². The molecule has 1 N–H and O–H groups in total. The van der Waals surface area contributed by atoms with Gasteiger partial charge < -0.3 is 14.8 Å². The van der Waals surface area contributed by atoms with Gasteiger partial charge in [0.05, 0.1) is 12.5 Å². The molecule has 0 aromatic heterocycles. The van der Waals surface area contributed by atoms with E-state index in [1.807, 2.05) is 31.2 Å². The van der Waals surface area contributed by atoms with E-state index in [1.54, 1.807) is 54.4 Å². The number of likely N-dealkylation sites (N-methyl/N-ethyl adjacent to an activating group) is 1. The Bertz CT molecular complexity index is 1320. The van der Waals surface area contributed by atoms with Crippen LogP contribution in [0.5, 0.6) is 11.5 Å². The van der Waals surface area contributed by atoms with Gasteiger partial charge in [-0.1, -0.05) is 48.0 Å². The molecule has 8 nitrogen and oxygen atoms in total. The van der Waals surface area contributed by atoms with E-state index in [-0.39, 0.29) is 10.8 Å². The first-order valence-corrected chi connectivity index (χ1v) is 12.1. The monoisotopic (exact) mass is 507 g/mol. The van der Waals surface area contributed by atoms with Crippen LogP contribution in [0.3, 0.4) is 0 Å². The van der Waals surface area contributed by atoms with Crippen LogP contribution in [0.15, 0.2) is 66.7 Å². The van der Waals surface area contributed by atoms with Gasteiger partial charge in [0.15, 0.2) is 17.0 Å². The van der Waals surface area contributed by atoms with E-state index in [9.17, 15) is 14.9 Å². The van der Waals surface area contributed by atoms with Crippen LogP contribution in [-0.4, -0.2) is 42.0 Å². The van der Waals surface area contributed by atoms with Crippen molar-refractivity contribution in [3.8, 4) is 11.5 Å². The van der Waals surface area contributed by atoms with Crippen LogP contribution in [0, 0.1) is 10.1 Å². The number of amides is 1. The lowest BCUT2D eigenvalue weighted by Gasteiger charge is -2.30. The number of likely N-dealkylation sites (tertiary alicyclic amines) is 1. The lowest BCUT2D eigenvalue weighted by Crippen LogP contribution is -2.54. The maximum atomic E-state index is 13.3. The summed E-state index contributed by atoms with van der Waals surface area (Å²) in [7, 11) is 1.77. The summed E-state index contributed by atoms with van der Waals surface area (Å²) in [5.41, 5.74) is 1.53. The minimum atomic E-state index is -1.39. The molecule has 1 amide bonds. The summed E-state index contributed by atoms with van der Waals surface area (Å²) in [5.74, 6) is 0.138. The second-order valence-electron chi connectivity index (χ2n) is 9.04. The topological polar surface area (TPSA) is 93.9 Å². The van der Waals surface area contributed by atoms with E-state index in [4.69, 9.17) is 21.1 Å². The van der Waals surface area contributed by atoms with E-state index in [0.717, 1.165) is 11.1 Å². The van der Waals surface area contributed by atoms with Crippen LogP contribution < -0.4 is 14.8 Å². The van der Waals surface area contributed by atoms with E-state index in [1.165, 1.54) is 0 Å². The molecule has 1 spiro atoms. The molecular formula is C27H26ClN3O5. The van der Waals surface area contributed by atoms with Crippen LogP contribution in [-0.2, 0) is 16.9 Å². The number of halogens is 1. The number of ether oxygens (including phenoxy) is 2. The van der Waals surface area contributed by atoms with Gasteiger partial charge in [-0.05, 0) is 55.4 Å². The molecule has 0 saturated carbocycles. The first-order chi connectivity index (χ1) is 17.4. The minimum absolute atomic E-state index is 0.318. The molecule has 3 atom stereocenters. The summed E-state index contributed by atoms with van der Waals surface area (Å²) in [6, 6.07) is 18.8. The predicted molar refractivity (Wildman–Crippen MR) is 136 cm³/mol. The second kappa shape index (κ2) is 9.44. The van der Waals surface area contributed by atoms with Crippen LogP contribution in [0.1, 0.15) is 29.5 Å². The Kier molecular flexibility index (Phi) is 6.32. The van der Waals surface area contributed by atoms with Gasteiger partial charge >= 0.3 is 0 Å². The van der Waals surface area contributed by atoms with Gasteiger partial charge in [-0.15, -0.1) is 0 Å². The Labute approximate surface area is 213 Å². The highest BCUT2D eigenvalue weighted by molar-refractivity contribution is 6.30. The molecule has 186 valence electrons. The molecule has 1 fully saturated rings. The average molecular weight is 508 g/mol. The molecular weight excluding hydrogens is 482 g/mol. The Morgan fingerprint density at radius 2 is 1.86 bits per heavy atom. The molecule has 36 heavy (non-hydrogen) atoms. The van der Waals surface area contributed by atoms with Crippen molar-refractivity contribution in [3.63, 3.8) is 0 Å². The van der Waals surface area contributed by atoms with Crippen molar-refractivity contribution < 1.29 is 19.2 Å². The summed E-state index contributed by atoms with van der Waals surface area (Å²) < 4.78 is 11.9. The van der Waals surface area contributed by atoms with Crippen LogP contribution in [0.2, 0.25) is 5.02 Å². The average Bonchev–Trinajstić information content (AvgIpc) is 3.34. The zero-order valence-corrected chi connectivity index (χ0v) is 20.7. The van der Waals surface area contributed by atoms with Gasteiger partial charge in [0.2, 0.25) is 0 Å². The third kappa shape index (κ3) is 3.86. The van der Waals surface area contributed by atoms with Crippen LogP contribution >= 0.6 is 11.6 Å². The van der Waals surface area contributed by atoms with E-state index < -0.39 is 17.5 Å². The lowest BCUT2D eigenvalue weighted by molar-refractivity contribution is -0.534. The molecule has 0 aliphatic carbocycles. The predicted octanol–water partition coefficient (Wildman–Crippen LogP) is 4.84. The fraction of sp³-hybridized carbons (Fsp3) is 0.296. The molecule has 1 saturated heterocycles. The SMILES string of the molecule is CCOc1cc([C@@H]2CN(C)[C@]3(C(=O)Nc4ccccc43)[C@H]2[N+](=O)[O-])ccc1OCc1ccc(Cl)cc1. The zero-order chi connectivity index (χ0) is 25.4. The number of anilines is 1. The number of nitrogens with zero attached hydrogens (tertiary/aromatic N) is 2. The quantitative estimate of drug-likeness (QED) is 0.363. The zero-order valence-electron chi connectivity index (χ0n) is 19.9. The number of benzene rings is 3. The number of nitrogens with one attached hydrogen (secondary N) is 1. The molecule has 0 radical (unpaired) electrons. The van der Waals surface area contributed by atoms with Crippen molar-refractivity contribution in [1.29, 1.82) is 0 Å². The maximum Gasteiger partial charge on any atom is 0.256 e. The number of hydrogen-bond acceptors (Lipinski definition) is 6. The first kappa shape index (κ1) is 24.1. The number of nitro groups is 1. The fourth-order valence-corrected chi connectivity index (χ4v) is 5.59. The standard InChI is InChI=1S/C27H26ClN3O5/c1-3-35-24-14-18(10-13-23(24)36-16-17-8-11-19(28)12-9-17)20-15-30(2)27(25(20)31(33)34)21-6-4-5-7-22(21)29-26(27)32/h4-14,20,25H,3,15-16H2,1-2H3,(H,29,32)/t20-,25-,27-/m0/s1. The Morgan fingerprint density at radius 1 is 1.11 bits per heavy atom. The molecule has 2 aliphatic rings. The van der Waals surface area contributed by atoms with Crippen LogP contribution in [0.25, 0.3) is 0 Å². The lowest BCUT2D eigenvalue weighted by atomic mass is 9.79. The summed E-state index contributed by atoms with van der Waals surface area (Å²) in [6.07, 6.45) is 0. The number of carbonyl (C=O) groups is 1. The molecule has 9 heteroatoms. The third-order valence-corrected chi connectivity index (χ3v) is 7.30. The van der Waals surface area contributed by atoms with Gasteiger partial charge in [0.1, 0.15) is 6.61 Å². The van der Waals surface area contributed by atoms with Crippen molar-refractivity contribution in [2.24, 2.45) is 0 Å². The summed E-state index contributed by atoms with van der Waals surface area (Å²) >= 11 is 5.96. The van der Waals surface area contributed by atoms with Gasteiger partial charge in [-0.2, -0.15) is 0 Å². The molecule has 0 unspecified atom stereocenters. The van der Waals surface area contributed by atoms with Gasteiger partial charge in [-0.3, -0.25) is 19.8 Å². The fourth-order valence-electron chi connectivity index (χ4n) is 5.46. The number of carbonyl (C=O) groups excluding carboxylic acids is 1. The highest BCUT2D eigenvalue weighted by atomic mass is 35.5. The molecule has 3 aromatic carbocycles. The molecule has 0 bridgehead atoms. The normalized spacial score (nSPS) is 22.9. The molecule has 2 aliphatic heterocycles. The minimum Gasteiger partial charge on any atom is -0.490 e. The second-order valence-corrected chi connectivity index (χ2v) is 9.47. The number of fused-ring (bicyclic) bond motifs is 2. The summed E-state index contributed by atoms with van der Waals surface area (Å²) in [5, 5.41) is 16.0. The van der Waals surface area contributed by atoms with Gasteiger partial charge in [0, 0.05) is 27.7 Å². The number of rotatable bonds is 7. The first-order valence-electron chi connectivity index (χ1n) is 11.8. The molecule has 3 aromatic rings.